The van der Waals surface area contributed by atoms with Crippen molar-refractivity contribution in [1.29, 1.82) is 0 Å². The van der Waals surface area contributed by atoms with Gasteiger partial charge in [-0.15, -0.1) is 0 Å². The van der Waals surface area contributed by atoms with Crippen molar-refractivity contribution in [2.45, 2.75) is 26.8 Å². The lowest BCUT2D eigenvalue weighted by atomic mass is 10.0. The van der Waals surface area contributed by atoms with E-state index in [-0.39, 0.29) is 11.9 Å². The number of benzene rings is 1. The second kappa shape index (κ2) is 5.89. The highest BCUT2D eigenvalue weighted by Crippen LogP contribution is 2.22. The fraction of sp³-hybridized carbons (Fsp3) is 0.333. The molecule has 0 amide bonds. The van der Waals surface area contributed by atoms with Crippen molar-refractivity contribution in [3.8, 4) is 0 Å². The number of nitrogens with one attached hydrogen (secondary N) is 1. The summed E-state index contributed by atoms with van der Waals surface area (Å²) in [6.45, 7) is 6.57. The molecule has 1 N–H and O–H groups in total. The first-order valence-electron chi connectivity index (χ1n) is 6.39. The van der Waals surface area contributed by atoms with E-state index in [9.17, 15) is 4.39 Å². The van der Waals surface area contributed by atoms with Crippen LogP contribution in [0.4, 0.5) is 4.39 Å². The Morgan fingerprint density at radius 2 is 1.95 bits per heavy atom. The van der Waals surface area contributed by atoms with E-state index in [1.807, 2.05) is 26.8 Å². The highest BCUT2D eigenvalue weighted by Gasteiger charge is 2.15. The third-order valence-electron chi connectivity index (χ3n) is 2.90. The molecule has 1 unspecified atom stereocenters. The van der Waals surface area contributed by atoms with Gasteiger partial charge >= 0.3 is 0 Å². The van der Waals surface area contributed by atoms with Crippen LogP contribution in [-0.4, -0.2) is 16.5 Å². The molecule has 1 atom stereocenters. The van der Waals surface area contributed by atoms with Gasteiger partial charge in [0.1, 0.15) is 5.82 Å². The molecule has 0 spiro atoms. The molecule has 1 aromatic heterocycles. The Labute approximate surface area is 112 Å². The van der Waals surface area contributed by atoms with E-state index in [0.717, 1.165) is 29.1 Å². The summed E-state index contributed by atoms with van der Waals surface area (Å²) in [5.74, 6) is -0.224. The van der Waals surface area contributed by atoms with E-state index in [0.29, 0.717) is 0 Å². The summed E-state index contributed by atoms with van der Waals surface area (Å²) in [6.07, 6.45) is 3.47. The predicted molar refractivity (Wildman–Crippen MR) is 73.4 cm³/mol. The molecule has 0 radical (unpaired) electrons. The molecule has 0 aliphatic heterocycles. The van der Waals surface area contributed by atoms with Crippen LogP contribution in [0.25, 0.3) is 0 Å². The van der Waals surface area contributed by atoms with Crippen LogP contribution in [0, 0.1) is 19.7 Å². The number of rotatable bonds is 4. The summed E-state index contributed by atoms with van der Waals surface area (Å²) in [6, 6.07) is 4.90. The maximum absolute atomic E-state index is 13.5. The van der Waals surface area contributed by atoms with Crippen LogP contribution in [-0.2, 0) is 0 Å². The maximum atomic E-state index is 13.5. The zero-order valence-electron chi connectivity index (χ0n) is 11.4. The van der Waals surface area contributed by atoms with Gasteiger partial charge < -0.3 is 5.32 Å². The molecule has 0 aliphatic rings. The smallest absolute Gasteiger partial charge is 0.123 e. The maximum Gasteiger partial charge on any atom is 0.123 e. The lowest BCUT2D eigenvalue weighted by Crippen LogP contribution is -2.23. The average molecular weight is 259 g/mol. The van der Waals surface area contributed by atoms with Crippen molar-refractivity contribution in [1.82, 2.24) is 15.3 Å². The van der Waals surface area contributed by atoms with Crippen LogP contribution >= 0.6 is 0 Å². The van der Waals surface area contributed by atoms with E-state index in [1.54, 1.807) is 18.5 Å². The number of nitrogens with zero attached hydrogens (tertiary/aromatic N) is 2. The van der Waals surface area contributed by atoms with Gasteiger partial charge in [0, 0.05) is 6.20 Å². The lowest BCUT2D eigenvalue weighted by molar-refractivity contribution is 0.592. The van der Waals surface area contributed by atoms with Gasteiger partial charge in [-0.3, -0.25) is 9.97 Å². The molecule has 1 aromatic carbocycles. The Bertz CT molecular complexity index is 532. The number of aryl methyl sites for hydroxylation is 2. The van der Waals surface area contributed by atoms with Crippen LogP contribution < -0.4 is 5.32 Å². The van der Waals surface area contributed by atoms with Gasteiger partial charge in [0.25, 0.3) is 0 Å². The van der Waals surface area contributed by atoms with E-state index < -0.39 is 0 Å². The number of aromatic nitrogens is 2. The predicted octanol–water partition coefficient (Wildman–Crippen LogP) is 2.93. The van der Waals surface area contributed by atoms with Gasteiger partial charge in [0.2, 0.25) is 0 Å². The highest BCUT2D eigenvalue weighted by molar-refractivity contribution is 5.31. The quantitative estimate of drug-likeness (QED) is 0.917. The molecular weight excluding hydrogens is 241 g/mol. The molecule has 4 heteroatoms. The molecule has 0 bridgehead atoms. The van der Waals surface area contributed by atoms with Gasteiger partial charge in [-0.2, -0.15) is 0 Å². The standard InChI is InChI=1S/C15H18FN3/c1-4-17-15(14-9-18-11(3)8-19-14)12-5-10(2)6-13(16)7-12/h5-9,15,17H,4H2,1-3H3. The van der Waals surface area contributed by atoms with E-state index in [1.165, 1.54) is 6.07 Å². The molecule has 3 nitrogen and oxygen atoms in total. The minimum atomic E-state index is -0.224. The highest BCUT2D eigenvalue weighted by atomic mass is 19.1. The first-order valence-corrected chi connectivity index (χ1v) is 6.39. The largest absolute Gasteiger partial charge is 0.305 e. The van der Waals surface area contributed by atoms with Crippen molar-refractivity contribution >= 4 is 0 Å². The molecule has 1 heterocycles. The molecule has 2 rings (SSSR count). The second-order valence-corrected chi connectivity index (χ2v) is 4.64. The Kier molecular flexibility index (Phi) is 4.22. The Hall–Kier alpha value is -1.81. The SMILES string of the molecule is CCNC(c1cc(C)cc(F)c1)c1cnc(C)cn1. The van der Waals surface area contributed by atoms with Gasteiger partial charge in [-0.25, -0.2) is 4.39 Å². The first kappa shape index (κ1) is 13.6. The van der Waals surface area contributed by atoms with Gasteiger partial charge in [-0.05, 0) is 43.7 Å². The van der Waals surface area contributed by atoms with Crippen LogP contribution in [0.5, 0.6) is 0 Å². The van der Waals surface area contributed by atoms with Crippen LogP contribution in [0.3, 0.4) is 0 Å². The van der Waals surface area contributed by atoms with Gasteiger partial charge in [-0.1, -0.05) is 13.0 Å². The molecule has 0 aliphatic carbocycles. The molecule has 100 valence electrons. The second-order valence-electron chi connectivity index (χ2n) is 4.64. The Balaban J connectivity index is 2.41. The molecule has 0 fully saturated rings. The van der Waals surface area contributed by atoms with Crippen molar-refractivity contribution < 1.29 is 4.39 Å². The van der Waals surface area contributed by atoms with E-state index >= 15 is 0 Å². The Morgan fingerprint density at radius 1 is 1.16 bits per heavy atom. The summed E-state index contributed by atoms with van der Waals surface area (Å²) in [4.78, 5) is 8.64. The zero-order chi connectivity index (χ0) is 13.8. The number of hydrogen-bond acceptors (Lipinski definition) is 3. The molecule has 0 saturated heterocycles. The van der Waals surface area contributed by atoms with Crippen molar-refractivity contribution in [2.24, 2.45) is 0 Å². The molecular formula is C15H18FN3. The minimum absolute atomic E-state index is 0.132. The average Bonchev–Trinajstić information content (AvgIpc) is 2.36. The summed E-state index contributed by atoms with van der Waals surface area (Å²) in [5.41, 5.74) is 3.45. The monoisotopic (exact) mass is 259 g/mol. The third-order valence-corrected chi connectivity index (χ3v) is 2.90. The van der Waals surface area contributed by atoms with Gasteiger partial charge in [0.05, 0.1) is 23.6 Å². The zero-order valence-corrected chi connectivity index (χ0v) is 11.4. The third kappa shape index (κ3) is 3.35. The van der Waals surface area contributed by atoms with Gasteiger partial charge in [0.15, 0.2) is 0 Å². The van der Waals surface area contributed by atoms with Crippen LogP contribution in [0.2, 0.25) is 0 Å². The fourth-order valence-electron chi connectivity index (χ4n) is 2.08. The first-order chi connectivity index (χ1) is 9.10. The van der Waals surface area contributed by atoms with E-state index in [2.05, 4.69) is 15.3 Å². The number of hydrogen-bond donors (Lipinski definition) is 1. The molecule has 2 aromatic rings. The normalized spacial score (nSPS) is 12.4. The van der Waals surface area contributed by atoms with Crippen LogP contribution in [0.15, 0.2) is 30.6 Å². The van der Waals surface area contributed by atoms with Crippen molar-refractivity contribution in [3.05, 3.63) is 58.9 Å². The van der Waals surface area contributed by atoms with Crippen molar-refractivity contribution in [3.63, 3.8) is 0 Å². The Morgan fingerprint density at radius 3 is 2.53 bits per heavy atom. The van der Waals surface area contributed by atoms with Crippen molar-refractivity contribution in [2.75, 3.05) is 6.54 Å². The minimum Gasteiger partial charge on any atom is -0.305 e. The van der Waals surface area contributed by atoms with E-state index in [4.69, 9.17) is 0 Å². The topological polar surface area (TPSA) is 37.8 Å². The molecule has 19 heavy (non-hydrogen) atoms. The fourth-order valence-corrected chi connectivity index (χ4v) is 2.08. The summed E-state index contributed by atoms with van der Waals surface area (Å²) in [5, 5.41) is 3.32. The van der Waals surface area contributed by atoms with Crippen LogP contribution in [0.1, 0.15) is 35.5 Å². The lowest BCUT2D eigenvalue weighted by Gasteiger charge is -2.18. The number of halogens is 1. The summed E-state index contributed by atoms with van der Waals surface area (Å²) < 4.78 is 13.5. The summed E-state index contributed by atoms with van der Waals surface area (Å²) >= 11 is 0. The summed E-state index contributed by atoms with van der Waals surface area (Å²) in [7, 11) is 0. The molecule has 0 saturated carbocycles.